The number of rotatable bonds is 4. The first-order valence-corrected chi connectivity index (χ1v) is 8.50. The van der Waals surface area contributed by atoms with Crippen LogP contribution in [-0.4, -0.2) is 29.6 Å². The third-order valence-corrected chi connectivity index (χ3v) is 4.80. The topological polar surface area (TPSA) is 103 Å². The molecule has 1 heterocycles. The molecule has 0 bridgehead atoms. The molecule has 0 aliphatic heterocycles. The first-order chi connectivity index (χ1) is 9.79. The third kappa shape index (κ3) is 3.69. The molecule has 0 N–H and O–H groups in total. The van der Waals surface area contributed by atoms with E-state index < -0.39 is 14.8 Å². The van der Waals surface area contributed by atoms with E-state index in [9.17, 15) is 18.5 Å². The number of hydrogen-bond donors (Lipinski definition) is 0. The number of hydrogen-bond acceptors (Lipinski definition) is 7. The fourth-order valence-corrected chi connectivity index (χ4v) is 3.19. The maximum atomic E-state index is 11.4. The quantitative estimate of drug-likeness (QED) is 0.476. The summed E-state index contributed by atoms with van der Waals surface area (Å²) in [5.74, 6) is 0. The van der Waals surface area contributed by atoms with Gasteiger partial charge in [-0.1, -0.05) is 23.4 Å². The highest BCUT2D eigenvalue weighted by molar-refractivity contribution is 7.99. The Bertz CT molecular complexity index is 794. The summed E-state index contributed by atoms with van der Waals surface area (Å²) in [6, 6.07) is 5.93. The minimum atomic E-state index is -3.28. The Morgan fingerprint density at radius 1 is 1.24 bits per heavy atom. The molecule has 0 spiro atoms. The summed E-state index contributed by atoms with van der Waals surface area (Å²) in [7, 11) is -3.28. The summed E-state index contributed by atoms with van der Waals surface area (Å²) in [5, 5.41) is 10.8. The smallest absolute Gasteiger partial charge is 0.258 e. The van der Waals surface area contributed by atoms with Crippen molar-refractivity contribution >= 4 is 38.9 Å². The second-order valence-electron chi connectivity index (χ2n) is 3.92. The van der Waals surface area contributed by atoms with Gasteiger partial charge >= 0.3 is 5.69 Å². The number of aromatic nitrogens is 2. The predicted octanol–water partition coefficient (Wildman–Crippen LogP) is 2.59. The maximum absolute atomic E-state index is 11.4. The highest BCUT2D eigenvalue weighted by Gasteiger charge is 2.22. The average Bonchev–Trinajstić information content (AvgIpc) is 2.38. The lowest BCUT2D eigenvalue weighted by molar-refractivity contribution is -0.388. The van der Waals surface area contributed by atoms with E-state index in [0.717, 1.165) is 24.3 Å². The molecule has 0 saturated carbocycles. The van der Waals surface area contributed by atoms with Gasteiger partial charge in [0.1, 0.15) is 6.33 Å². The summed E-state index contributed by atoms with van der Waals surface area (Å²) in [6.45, 7) is 0. The van der Waals surface area contributed by atoms with Crippen molar-refractivity contribution in [3.05, 3.63) is 45.9 Å². The second kappa shape index (κ2) is 5.96. The van der Waals surface area contributed by atoms with Crippen LogP contribution >= 0.6 is 23.4 Å². The fraction of sp³-hybridized carbons (Fsp3) is 0.0909. The summed E-state index contributed by atoms with van der Waals surface area (Å²) in [6.07, 6.45) is 2.23. The molecule has 110 valence electrons. The zero-order chi connectivity index (χ0) is 15.6. The molecule has 0 fully saturated rings. The van der Waals surface area contributed by atoms with Crippen LogP contribution in [0.4, 0.5) is 5.69 Å². The molecule has 1 aromatic heterocycles. The summed E-state index contributed by atoms with van der Waals surface area (Å²) < 4.78 is 22.7. The van der Waals surface area contributed by atoms with Crippen molar-refractivity contribution in [2.75, 3.05) is 6.26 Å². The molecule has 10 heteroatoms. The molecule has 0 saturated heterocycles. The van der Waals surface area contributed by atoms with Crippen LogP contribution in [0.25, 0.3) is 0 Å². The Labute approximate surface area is 129 Å². The van der Waals surface area contributed by atoms with E-state index in [1.54, 1.807) is 12.1 Å². The SMILES string of the molecule is CS(=O)(=O)c1ccc(Sc2ncnc(Cl)c2[N+](=O)[O-])cc1. The molecule has 7 nitrogen and oxygen atoms in total. The van der Waals surface area contributed by atoms with Gasteiger partial charge in [-0.25, -0.2) is 18.4 Å². The number of nitrogens with zero attached hydrogens (tertiary/aromatic N) is 3. The predicted molar refractivity (Wildman–Crippen MR) is 77.4 cm³/mol. The molecule has 2 aromatic rings. The lowest BCUT2D eigenvalue weighted by Gasteiger charge is -2.03. The molecule has 21 heavy (non-hydrogen) atoms. The van der Waals surface area contributed by atoms with Gasteiger partial charge in [-0.05, 0) is 24.3 Å². The van der Waals surface area contributed by atoms with E-state index in [0.29, 0.717) is 4.90 Å². The van der Waals surface area contributed by atoms with Gasteiger partial charge in [0.25, 0.3) is 0 Å². The van der Waals surface area contributed by atoms with E-state index in [1.807, 2.05) is 0 Å². The molecule has 0 radical (unpaired) electrons. The van der Waals surface area contributed by atoms with Crippen molar-refractivity contribution in [1.82, 2.24) is 9.97 Å². The Balaban J connectivity index is 2.35. The molecule has 0 amide bonds. The van der Waals surface area contributed by atoms with Crippen molar-refractivity contribution in [2.45, 2.75) is 14.8 Å². The fourth-order valence-electron chi connectivity index (χ4n) is 1.44. The van der Waals surface area contributed by atoms with E-state index in [1.165, 1.54) is 12.1 Å². The molecular formula is C11H8ClN3O4S2. The molecule has 0 aliphatic rings. The first kappa shape index (κ1) is 15.7. The van der Waals surface area contributed by atoms with E-state index in [-0.39, 0.29) is 20.8 Å². The normalized spacial score (nSPS) is 11.3. The Morgan fingerprint density at radius 2 is 1.86 bits per heavy atom. The van der Waals surface area contributed by atoms with Crippen LogP contribution in [0.15, 0.2) is 45.4 Å². The monoisotopic (exact) mass is 345 g/mol. The molecule has 1 aromatic carbocycles. The van der Waals surface area contributed by atoms with Crippen molar-refractivity contribution in [1.29, 1.82) is 0 Å². The number of halogens is 1. The van der Waals surface area contributed by atoms with Crippen LogP contribution in [0.1, 0.15) is 0 Å². The van der Waals surface area contributed by atoms with Gasteiger partial charge in [0.15, 0.2) is 14.9 Å². The van der Waals surface area contributed by atoms with E-state index in [2.05, 4.69) is 9.97 Å². The highest BCUT2D eigenvalue weighted by Crippen LogP contribution is 2.36. The van der Waals surface area contributed by atoms with Crippen LogP contribution in [0.2, 0.25) is 5.15 Å². The van der Waals surface area contributed by atoms with Crippen LogP contribution in [0, 0.1) is 10.1 Å². The van der Waals surface area contributed by atoms with Crippen molar-refractivity contribution in [3.8, 4) is 0 Å². The Kier molecular flexibility index (Phi) is 4.45. The zero-order valence-corrected chi connectivity index (χ0v) is 12.9. The van der Waals surface area contributed by atoms with Gasteiger partial charge in [0.2, 0.25) is 5.15 Å². The Morgan fingerprint density at radius 3 is 2.38 bits per heavy atom. The first-order valence-electron chi connectivity index (χ1n) is 5.42. The van der Waals surface area contributed by atoms with Crippen molar-refractivity contribution < 1.29 is 13.3 Å². The van der Waals surface area contributed by atoms with E-state index in [4.69, 9.17) is 11.6 Å². The maximum Gasteiger partial charge on any atom is 0.338 e. The molecular weight excluding hydrogens is 338 g/mol. The van der Waals surface area contributed by atoms with Crippen molar-refractivity contribution in [3.63, 3.8) is 0 Å². The lowest BCUT2D eigenvalue weighted by Crippen LogP contribution is -1.97. The Hall–Kier alpha value is -1.71. The standard InChI is InChI=1S/C11H8ClN3O4S2/c1-21(18,19)8-4-2-7(3-5-8)20-11-9(15(16)17)10(12)13-6-14-11/h2-6H,1H3. The van der Waals surface area contributed by atoms with Crippen LogP contribution < -0.4 is 0 Å². The van der Waals surface area contributed by atoms with Crippen LogP contribution in [0.5, 0.6) is 0 Å². The minimum Gasteiger partial charge on any atom is -0.258 e. The summed E-state index contributed by atoms with van der Waals surface area (Å²) in [4.78, 5) is 18.5. The second-order valence-corrected chi connectivity index (χ2v) is 7.36. The molecule has 0 unspecified atom stereocenters. The highest BCUT2D eigenvalue weighted by atomic mass is 35.5. The van der Waals surface area contributed by atoms with E-state index >= 15 is 0 Å². The number of benzene rings is 1. The van der Waals surface area contributed by atoms with Gasteiger partial charge in [0.05, 0.1) is 9.82 Å². The molecule has 0 aliphatic carbocycles. The number of nitro groups is 1. The van der Waals surface area contributed by atoms with Gasteiger partial charge < -0.3 is 0 Å². The lowest BCUT2D eigenvalue weighted by atomic mass is 10.4. The zero-order valence-electron chi connectivity index (χ0n) is 10.6. The molecule has 0 atom stereocenters. The average molecular weight is 346 g/mol. The third-order valence-electron chi connectivity index (χ3n) is 2.39. The van der Waals surface area contributed by atoms with Crippen LogP contribution in [-0.2, 0) is 9.84 Å². The molecule has 2 rings (SSSR count). The van der Waals surface area contributed by atoms with Crippen LogP contribution in [0.3, 0.4) is 0 Å². The summed E-state index contributed by atoms with van der Waals surface area (Å²) >= 11 is 6.69. The van der Waals surface area contributed by atoms with Gasteiger partial charge in [-0.2, -0.15) is 0 Å². The minimum absolute atomic E-state index is 0.0899. The van der Waals surface area contributed by atoms with Gasteiger partial charge in [-0.15, -0.1) is 0 Å². The largest absolute Gasteiger partial charge is 0.338 e. The van der Waals surface area contributed by atoms with Gasteiger partial charge in [-0.3, -0.25) is 10.1 Å². The number of sulfone groups is 1. The van der Waals surface area contributed by atoms with Gasteiger partial charge in [0, 0.05) is 11.2 Å². The summed E-state index contributed by atoms with van der Waals surface area (Å²) in [5.41, 5.74) is -0.378. The van der Waals surface area contributed by atoms with Crippen molar-refractivity contribution in [2.24, 2.45) is 0 Å².